The molecule has 1 amide bonds. The minimum atomic E-state index is 0.0324. The van der Waals surface area contributed by atoms with E-state index in [9.17, 15) is 4.79 Å². The number of hydrogen-bond acceptors (Lipinski definition) is 3. The smallest absolute Gasteiger partial charge is 0.223 e. The van der Waals surface area contributed by atoms with Gasteiger partial charge in [0.25, 0.3) is 0 Å². The number of likely N-dealkylation sites (N-methyl/N-ethyl adjacent to an activating group) is 1. The van der Waals surface area contributed by atoms with E-state index < -0.39 is 0 Å². The molecule has 0 aromatic heterocycles. The predicted octanol–water partition coefficient (Wildman–Crippen LogP) is 2.32. The van der Waals surface area contributed by atoms with E-state index in [2.05, 4.69) is 31.2 Å². The summed E-state index contributed by atoms with van der Waals surface area (Å²) >= 11 is 1.69. The highest BCUT2D eigenvalue weighted by Crippen LogP contribution is 2.19. The van der Waals surface area contributed by atoms with Crippen LogP contribution in [0.3, 0.4) is 0 Å². The summed E-state index contributed by atoms with van der Waals surface area (Å²) in [4.78, 5) is 14.7. The van der Waals surface area contributed by atoms with Gasteiger partial charge in [-0.15, -0.1) is 11.8 Å². The van der Waals surface area contributed by atoms with Crippen molar-refractivity contribution in [2.24, 2.45) is 0 Å². The zero-order chi connectivity index (χ0) is 13.4. The third kappa shape index (κ3) is 5.10. The van der Waals surface area contributed by atoms with Crippen LogP contribution in [0, 0.1) is 6.92 Å². The summed E-state index contributed by atoms with van der Waals surface area (Å²) in [7, 11) is 0. The molecule has 3 nitrogen and oxygen atoms in total. The number of aryl methyl sites for hydroxylation is 1. The number of aliphatic hydroxyl groups is 1. The van der Waals surface area contributed by atoms with Gasteiger partial charge in [-0.3, -0.25) is 4.79 Å². The number of thioether (sulfide) groups is 1. The van der Waals surface area contributed by atoms with E-state index in [-0.39, 0.29) is 12.5 Å². The lowest BCUT2D eigenvalue weighted by atomic mass is 10.2. The number of hydrogen-bond donors (Lipinski definition) is 1. The second kappa shape index (κ2) is 8.16. The fourth-order valence-corrected chi connectivity index (χ4v) is 2.47. The van der Waals surface area contributed by atoms with Gasteiger partial charge in [-0.25, -0.2) is 0 Å². The van der Waals surface area contributed by atoms with Crippen LogP contribution in [-0.2, 0) is 4.79 Å². The average molecular weight is 267 g/mol. The Balaban J connectivity index is 2.32. The lowest BCUT2D eigenvalue weighted by molar-refractivity contribution is -0.131. The van der Waals surface area contributed by atoms with Crippen molar-refractivity contribution in [2.45, 2.75) is 25.2 Å². The third-order valence-electron chi connectivity index (χ3n) is 2.71. The highest BCUT2D eigenvalue weighted by Gasteiger charge is 2.10. The standard InChI is InChI=1S/C14H21NO2S/c1-3-15(9-10-16)14(17)8-11-18-13-6-4-12(2)5-7-13/h4-7,16H,3,8-11H2,1-2H3. The van der Waals surface area contributed by atoms with E-state index in [1.165, 1.54) is 10.5 Å². The molecule has 0 spiro atoms. The van der Waals surface area contributed by atoms with Crippen LogP contribution in [0.1, 0.15) is 18.9 Å². The van der Waals surface area contributed by atoms with Crippen molar-refractivity contribution >= 4 is 17.7 Å². The molecule has 0 heterocycles. The number of amides is 1. The molecular weight excluding hydrogens is 246 g/mol. The minimum Gasteiger partial charge on any atom is -0.395 e. The van der Waals surface area contributed by atoms with Gasteiger partial charge in [0.15, 0.2) is 0 Å². The van der Waals surface area contributed by atoms with Crippen molar-refractivity contribution in [2.75, 3.05) is 25.4 Å². The summed E-state index contributed by atoms with van der Waals surface area (Å²) < 4.78 is 0. The molecule has 0 aliphatic rings. The molecule has 0 radical (unpaired) electrons. The molecule has 0 saturated heterocycles. The number of benzene rings is 1. The summed E-state index contributed by atoms with van der Waals surface area (Å²) in [6, 6.07) is 8.31. The molecule has 0 bridgehead atoms. The number of carbonyl (C=O) groups is 1. The topological polar surface area (TPSA) is 40.5 Å². The number of nitrogens with zero attached hydrogens (tertiary/aromatic N) is 1. The van der Waals surface area contributed by atoms with Gasteiger partial charge in [-0.2, -0.15) is 0 Å². The minimum absolute atomic E-state index is 0.0324. The maximum absolute atomic E-state index is 11.8. The van der Waals surface area contributed by atoms with Gasteiger partial charge in [0, 0.05) is 30.2 Å². The van der Waals surface area contributed by atoms with Gasteiger partial charge in [-0.05, 0) is 26.0 Å². The van der Waals surface area contributed by atoms with Crippen LogP contribution >= 0.6 is 11.8 Å². The SMILES string of the molecule is CCN(CCO)C(=O)CCSc1ccc(C)cc1. The van der Waals surface area contributed by atoms with Gasteiger partial charge in [0.1, 0.15) is 0 Å². The van der Waals surface area contributed by atoms with E-state index >= 15 is 0 Å². The Morgan fingerprint density at radius 2 is 2.00 bits per heavy atom. The van der Waals surface area contributed by atoms with E-state index in [1.807, 2.05) is 6.92 Å². The Hall–Kier alpha value is -1.00. The maximum atomic E-state index is 11.8. The number of carbonyl (C=O) groups excluding carboxylic acids is 1. The van der Waals surface area contributed by atoms with Gasteiger partial charge in [-0.1, -0.05) is 17.7 Å². The summed E-state index contributed by atoms with van der Waals surface area (Å²) in [5, 5.41) is 8.85. The fraction of sp³-hybridized carbons (Fsp3) is 0.500. The lowest BCUT2D eigenvalue weighted by Crippen LogP contribution is -2.33. The van der Waals surface area contributed by atoms with E-state index in [4.69, 9.17) is 5.11 Å². The molecule has 100 valence electrons. The molecule has 0 aliphatic heterocycles. The van der Waals surface area contributed by atoms with Crippen LogP contribution in [-0.4, -0.2) is 41.4 Å². The monoisotopic (exact) mass is 267 g/mol. The average Bonchev–Trinajstić information content (AvgIpc) is 2.38. The molecule has 0 fully saturated rings. The van der Waals surface area contributed by atoms with Gasteiger partial charge in [0.05, 0.1) is 6.61 Å². The molecule has 4 heteroatoms. The van der Waals surface area contributed by atoms with Crippen LogP contribution in [0.25, 0.3) is 0 Å². The Labute approximate surface area is 113 Å². The highest BCUT2D eigenvalue weighted by molar-refractivity contribution is 7.99. The molecule has 0 aliphatic carbocycles. The van der Waals surface area contributed by atoms with Crippen molar-refractivity contribution in [3.63, 3.8) is 0 Å². The Bertz CT molecular complexity index is 365. The quantitative estimate of drug-likeness (QED) is 0.771. The van der Waals surface area contributed by atoms with Crippen LogP contribution in [0.5, 0.6) is 0 Å². The molecule has 1 rings (SSSR count). The van der Waals surface area contributed by atoms with Crippen molar-refractivity contribution in [1.29, 1.82) is 0 Å². The summed E-state index contributed by atoms with van der Waals surface area (Å²) in [5.74, 6) is 0.898. The Morgan fingerprint density at radius 1 is 1.33 bits per heavy atom. The van der Waals surface area contributed by atoms with Crippen molar-refractivity contribution < 1.29 is 9.90 Å². The largest absolute Gasteiger partial charge is 0.395 e. The molecule has 0 saturated carbocycles. The van der Waals surface area contributed by atoms with E-state index in [1.54, 1.807) is 16.7 Å². The fourth-order valence-electron chi connectivity index (χ4n) is 1.63. The normalized spacial score (nSPS) is 10.4. The predicted molar refractivity (Wildman–Crippen MR) is 75.9 cm³/mol. The highest BCUT2D eigenvalue weighted by atomic mass is 32.2. The Morgan fingerprint density at radius 3 is 2.56 bits per heavy atom. The lowest BCUT2D eigenvalue weighted by Gasteiger charge is -2.19. The summed E-state index contributed by atoms with van der Waals surface area (Å²) in [6.07, 6.45) is 0.520. The van der Waals surface area contributed by atoms with Crippen molar-refractivity contribution in [1.82, 2.24) is 4.90 Å². The molecule has 0 atom stereocenters. The summed E-state index contributed by atoms with van der Waals surface area (Å²) in [6.45, 7) is 5.12. The molecule has 1 aromatic rings. The van der Waals surface area contributed by atoms with Crippen molar-refractivity contribution in [3.05, 3.63) is 29.8 Å². The summed E-state index contributed by atoms with van der Waals surface area (Å²) in [5.41, 5.74) is 1.25. The van der Waals surface area contributed by atoms with Gasteiger partial charge < -0.3 is 10.0 Å². The second-order valence-corrected chi connectivity index (χ2v) is 5.28. The molecule has 18 heavy (non-hydrogen) atoms. The van der Waals surface area contributed by atoms with Crippen LogP contribution in [0.15, 0.2) is 29.2 Å². The Kier molecular flexibility index (Phi) is 6.83. The van der Waals surface area contributed by atoms with Gasteiger partial charge >= 0.3 is 0 Å². The van der Waals surface area contributed by atoms with Crippen LogP contribution in [0.2, 0.25) is 0 Å². The second-order valence-electron chi connectivity index (χ2n) is 4.11. The molecule has 1 aromatic carbocycles. The van der Waals surface area contributed by atoms with Crippen molar-refractivity contribution in [3.8, 4) is 0 Å². The first-order chi connectivity index (χ1) is 8.67. The first-order valence-corrected chi connectivity index (χ1v) is 7.24. The maximum Gasteiger partial charge on any atom is 0.223 e. The molecule has 0 unspecified atom stereocenters. The first kappa shape index (κ1) is 15.1. The zero-order valence-corrected chi connectivity index (χ0v) is 11.9. The third-order valence-corrected chi connectivity index (χ3v) is 3.72. The molecule has 1 N–H and O–H groups in total. The van der Waals surface area contributed by atoms with E-state index in [0.29, 0.717) is 19.5 Å². The van der Waals surface area contributed by atoms with E-state index in [0.717, 1.165) is 5.75 Å². The first-order valence-electron chi connectivity index (χ1n) is 6.25. The van der Waals surface area contributed by atoms with Crippen LogP contribution in [0.4, 0.5) is 0 Å². The van der Waals surface area contributed by atoms with Crippen LogP contribution < -0.4 is 0 Å². The zero-order valence-electron chi connectivity index (χ0n) is 11.1. The molecular formula is C14H21NO2S. The number of aliphatic hydroxyl groups excluding tert-OH is 1. The van der Waals surface area contributed by atoms with Gasteiger partial charge in [0.2, 0.25) is 5.91 Å². The number of rotatable bonds is 7.